The van der Waals surface area contributed by atoms with Crippen LogP contribution in [0.2, 0.25) is 0 Å². The lowest BCUT2D eigenvalue weighted by Gasteiger charge is -2.42. The van der Waals surface area contributed by atoms with E-state index in [1.165, 1.54) is 12.8 Å². The predicted molar refractivity (Wildman–Crippen MR) is 46.1 cm³/mol. The Balaban J connectivity index is 0.000000720. The summed E-state index contributed by atoms with van der Waals surface area (Å²) in [5.41, 5.74) is 0. The molecule has 0 aliphatic carbocycles. The van der Waals surface area contributed by atoms with E-state index in [-0.39, 0.29) is 11.6 Å². The summed E-state index contributed by atoms with van der Waals surface area (Å²) in [6.45, 7) is 0. The molecular formula is C9H19NO2. The zero-order valence-electron chi connectivity index (χ0n) is 7.90. The summed E-state index contributed by atoms with van der Waals surface area (Å²) in [6.07, 6.45) is 4.72. The van der Waals surface area contributed by atoms with Gasteiger partial charge in [0.2, 0.25) is 0 Å². The van der Waals surface area contributed by atoms with Crippen LogP contribution in [0.3, 0.4) is 0 Å². The lowest BCUT2D eigenvalue weighted by Crippen LogP contribution is -2.55. The molecule has 12 heavy (non-hydrogen) atoms. The van der Waals surface area contributed by atoms with Crippen LogP contribution in [0.5, 0.6) is 0 Å². The first-order valence-electron chi connectivity index (χ1n) is 4.62. The highest BCUT2D eigenvalue weighted by molar-refractivity contribution is 4.84. The van der Waals surface area contributed by atoms with Gasteiger partial charge in [0, 0.05) is 25.7 Å². The van der Waals surface area contributed by atoms with E-state index in [1.54, 1.807) is 0 Å². The van der Waals surface area contributed by atoms with E-state index in [2.05, 4.69) is 14.1 Å². The molecule has 2 saturated heterocycles. The molecule has 2 aliphatic rings. The number of aliphatic hydroxyl groups excluding tert-OH is 1. The minimum Gasteiger partial charge on any atom is -0.870 e. The van der Waals surface area contributed by atoms with Crippen molar-refractivity contribution >= 4 is 0 Å². The van der Waals surface area contributed by atoms with E-state index >= 15 is 0 Å². The molecule has 2 heterocycles. The van der Waals surface area contributed by atoms with Gasteiger partial charge in [-0.1, -0.05) is 0 Å². The molecular weight excluding hydrogens is 154 g/mol. The van der Waals surface area contributed by atoms with Crippen LogP contribution in [0.15, 0.2) is 0 Å². The molecule has 2 bridgehead atoms. The first-order chi connectivity index (χ1) is 5.10. The molecule has 2 fully saturated rings. The summed E-state index contributed by atoms with van der Waals surface area (Å²) in [4.78, 5) is 0. The monoisotopic (exact) mass is 173 g/mol. The number of hydrogen-bond donors (Lipinski definition) is 1. The minimum absolute atomic E-state index is 0. The van der Waals surface area contributed by atoms with Crippen molar-refractivity contribution in [2.45, 2.75) is 43.9 Å². The van der Waals surface area contributed by atoms with E-state index in [0.717, 1.165) is 29.4 Å². The Morgan fingerprint density at radius 2 is 1.50 bits per heavy atom. The molecule has 2 atom stereocenters. The lowest BCUT2D eigenvalue weighted by atomic mass is 9.98. The Bertz CT molecular complexity index is 154. The second-order valence-electron chi connectivity index (χ2n) is 4.64. The third-order valence-electron chi connectivity index (χ3n) is 3.80. The lowest BCUT2D eigenvalue weighted by molar-refractivity contribution is -0.931. The molecule has 2 rings (SSSR count). The standard InChI is InChI=1S/C9H18NO.H2O/c1-10(2)7-3-4-8(10)6-9(11)5-7;/h7-9,11H,3-6H2,1-2H3;1H2/q+1;/p-1. The fourth-order valence-electron chi connectivity index (χ4n) is 2.85. The molecule has 0 amide bonds. The zero-order valence-corrected chi connectivity index (χ0v) is 7.90. The maximum atomic E-state index is 9.51. The molecule has 0 radical (unpaired) electrons. The molecule has 2 aliphatic heterocycles. The van der Waals surface area contributed by atoms with Crippen molar-refractivity contribution in [2.24, 2.45) is 0 Å². The second-order valence-corrected chi connectivity index (χ2v) is 4.64. The number of nitrogens with zero attached hydrogens (tertiary/aromatic N) is 1. The van der Waals surface area contributed by atoms with Gasteiger partial charge in [-0.3, -0.25) is 0 Å². The van der Waals surface area contributed by atoms with Crippen LogP contribution in [0.25, 0.3) is 0 Å². The van der Waals surface area contributed by atoms with Crippen molar-refractivity contribution in [3.05, 3.63) is 0 Å². The number of piperidine rings is 1. The zero-order chi connectivity index (χ0) is 8.06. The minimum atomic E-state index is -0.00125. The maximum absolute atomic E-state index is 9.51. The first kappa shape index (κ1) is 9.96. The normalized spacial score (nSPS) is 43.8. The second kappa shape index (κ2) is 2.98. The Labute approximate surface area is 73.9 Å². The van der Waals surface area contributed by atoms with Crippen LogP contribution in [0, 0.1) is 0 Å². The van der Waals surface area contributed by atoms with Gasteiger partial charge in [0.15, 0.2) is 0 Å². The SMILES string of the molecule is C[N+]1(C)C2CCC1CC(O)C2.[OH-]. The van der Waals surface area contributed by atoms with Crippen molar-refractivity contribution in [3.63, 3.8) is 0 Å². The molecule has 0 spiro atoms. The summed E-state index contributed by atoms with van der Waals surface area (Å²) < 4.78 is 1.16. The molecule has 0 saturated carbocycles. The summed E-state index contributed by atoms with van der Waals surface area (Å²) in [6, 6.07) is 1.48. The summed E-state index contributed by atoms with van der Waals surface area (Å²) in [7, 11) is 4.63. The van der Waals surface area contributed by atoms with Gasteiger partial charge in [-0.2, -0.15) is 0 Å². The van der Waals surface area contributed by atoms with Crippen LogP contribution in [0.1, 0.15) is 25.7 Å². The molecule has 2 N–H and O–H groups in total. The van der Waals surface area contributed by atoms with Crippen molar-refractivity contribution in [1.82, 2.24) is 0 Å². The van der Waals surface area contributed by atoms with Crippen LogP contribution in [0.4, 0.5) is 0 Å². The van der Waals surface area contributed by atoms with Gasteiger partial charge in [-0.15, -0.1) is 0 Å². The van der Waals surface area contributed by atoms with E-state index in [4.69, 9.17) is 0 Å². The largest absolute Gasteiger partial charge is 0.870 e. The van der Waals surface area contributed by atoms with Gasteiger partial charge >= 0.3 is 0 Å². The van der Waals surface area contributed by atoms with Gasteiger partial charge in [0.1, 0.15) is 0 Å². The predicted octanol–water partition coefficient (Wildman–Crippen LogP) is 0.572. The highest BCUT2D eigenvalue weighted by Gasteiger charge is 2.48. The molecule has 3 nitrogen and oxygen atoms in total. The van der Waals surface area contributed by atoms with E-state index in [0.29, 0.717) is 0 Å². The van der Waals surface area contributed by atoms with Crippen molar-refractivity contribution in [2.75, 3.05) is 14.1 Å². The molecule has 0 aromatic rings. The van der Waals surface area contributed by atoms with E-state index in [9.17, 15) is 5.11 Å². The number of hydrogen-bond acceptors (Lipinski definition) is 2. The Morgan fingerprint density at radius 3 is 1.92 bits per heavy atom. The highest BCUT2D eigenvalue weighted by Crippen LogP contribution is 2.39. The van der Waals surface area contributed by atoms with Crippen LogP contribution in [-0.4, -0.2) is 47.3 Å². The third kappa shape index (κ3) is 1.26. The van der Waals surface area contributed by atoms with Gasteiger partial charge < -0.3 is 15.1 Å². The smallest absolute Gasteiger partial charge is 0.0915 e. The summed E-state index contributed by atoms with van der Waals surface area (Å²) >= 11 is 0. The molecule has 3 heteroatoms. The molecule has 72 valence electrons. The Hall–Kier alpha value is -0.120. The number of aliphatic hydroxyl groups is 1. The van der Waals surface area contributed by atoms with Gasteiger partial charge in [0.05, 0.1) is 32.3 Å². The summed E-state index contributed by atoms with van der Waals surface area (Å²) in [5.74, 6) is 0. The van der Waals surface area contributed by atoms with Gasteiger partial charge in [-0.25, -0.2) is 0 Å². The van der Waals surface area contributed by atoms with Gasteiger partial charge in [0.25, 0.3) is 0 Å². The average molecular weight is 173 g/mol. The fraction of sp³-hybridized carbons (Fsp3) is 1.00. The average Bonchev–Trinajstić information content (AvgIpc) is 2.19. The first-order valence-corrected chi connectivity index (χ1v) is 4.62. The number of quaternary nitrogens is 1. The van der Waals surface area contributed by atoms with E-state index < -0.39 is 0 Å². The number of rotatable bonds is 0. The van der Waals surface area contributed by atoms with Crippen LogP contribution >= 0.6 is 0 Å². The topological polar surface area (TPSA) is 50.2 Å². The number of fused-ring (bicyclic) bond motifs is 2. The van der Waals surface area contributed by atoms with Crippen LogP contribution < -0.4 is 0 Å². The van der Waals surface area contributed by atoms with Crippen molar-refractivity contribution < 1.29 is 15.1 Å². The van der Waals surface area contributed by atoms with Gasteiger partial charge in [-0.05, 0) is 0 Å². The fourth-order valence-corrected chi connectivity index (χ4v) is 2.85. The maximum Gasteiger partial charge on any atom is 0.0915 e. The highest BCUT2D eigenvalue weighted by atomic mass is 16.3. The third-order valence-corrected chi connectivity index (χ3v) is 3.80. The van der Waals surface area contributed by atoms with Crippen molar-refractivity contribution in [1.29, 1.82) is 0 Å². The molecule has 0 aromatic heterocycles. The molecule has 0 aromatic carbocycles. The molecule has 2 unspecified atom stereocenters. The van der Waals surface area contributed by atoms with Crippen molar-refractivity contribution in [3.8, 4) is 0 Å². The summed E-state index contributed by atoms with van der Waals surface area (Å²) in [5, 5.41) is 9.51. The van der Waals surface area contributed by atoms with Crippen LogP contribution in [-0.2, 0) is 0 Å². The Kier molecular flexibility index (Phi) is 2.47. The van der Waals surface area contributed by atoms with E-state index in [1.807, 2.05) is 0 Å². The quantitative estimate of drug-likeness (QED) is 0.544. The Morgan fingerprint density at radius 1 is 1.08 bits per heavy atom.